The molecule has 124 valence electrons. The fraction of sp³-hybridized carbons (Fsp3) is 0.944. The molecule has 4 rings (SSSR count). The van der Waals surface area contributed by atoms with Crippen LogP contribution in [0.3, 0.4) is 0 Å². The van der Waals surface area contributed by atoms with Crippen molar-refractivity contribution in [1.82, 2.24) is 4.90 Å². The van der Waals surface area contributed by atoms with Gasteiger partial charge in [0.25, 0.3) is 0 Å². The number of piperidine rings is 1. The molecule has 0 aromatic carbocycles. The number of hydrogen-bond acceptors (Lipinski definition) is 3. The zero-order valence-corrected chi connectivity index (χ0v) is 14.7. The van der Waals surface area contributed by atoms with Gasteiger partial charge in [-0.2, -0.15) is 11.8 Å². The lowest BCUT2D eigenvalue weighted by Gasteiger charge is -2.45. The van der Waals surface area contributed by atoms with E-state index in [9.17, 15) is 4.79 Å². The van der Waals surface area contributed by atoms with Gasteiger partial charge in [-0.05, 0) is 49.9 Å². The molecule has 5 atom stereocenters. The van der Waals surface area contributed by atoms with Crippen LogP contribution in [-0.2, 0) is 4.74 Å². The Bertz CT molecular complexity index is 448. The van der Waals surface area contributed by atoms with Gasteiger partial charge in [0.05, 0.1) is 0 Å². The first kappa shape index (κ1) is 15.2. The second-order valence-corrected chi connectivity index (χ2v) is 9.47. The second-order valence-electron chi connectivity index (χ2n) is 8.08. The molecule has 4 fully saturated rings. The minimum atomic E-state index is -0.199. The molecule has 1 amide bonds. The molecule has 3 aliphatic heterocycles. The minimum absolute atomic E-state index is 0.0314. The van der Waals surface area contributed by atoms with E-state index >= 15 is 0 Å². The highest BCUT2D eigenvalue weighted by Gasteiger charge is 2.64. The van der Waals surface area contributed by atoms with Crippen molar-refractivity contribution < 1.29 is 9.53 Å². The van der Waals surface area contributed by atoms with E-state index in [2.05, 4.69) is 25.6 Å². The minimum Gasteiger partial charge on any atom is -0.441 e. The van der Waals surface area contributed by atoms with Crippen LogP contribution in [0.4, 0.5) is 4.79 Å². The topological polar surface area (TPSA) is 29.5 Å². The fourth-order valence-electron chi connectivity index (χ4n) is 5.44. The van der Waals surface area contributed by atoms with Crippen molar-refractivity contribution >= 4 is 17.9 Å². The number of hydrogen-bond donors (Lipinski definition) is 0. The van der Waals surface area contributed by atoms with Gasteiger partial charge in [-0.25, -0.2) is 4.79 Å². The highest BCUT2D eigenvalue weighted by Crippen LogP contribution is 2.65. The van der Waals surface area contributed by atoms with Crippen LogP contribution in [0.25, 0.3) is 0 Å². The summed E-state index contributed by atoms with van der Waals surface area (Å²) in [6.45, 7) is 6.30. The molecule has 4 heteroatoms. The summed E-state index contributed by atoms with van der Waals surface area (Å²) in [7, 11) is 0. The third-order valence-electron chi connectivity index (χ3n) is 6.68. The maximum Gasteiger partial charge on any atom is 0.410 e. The van der Waals surface area contributed by atoms with E-state index in [1.165, 1.54) is 25.7 Å². The Labute approximate surface area is 138 Å². The van der Waals surface area contributed by atoms with Gasteiger partial charge in [-0.15, -0.1) is 0 Å². The quantitative estimate of drug-likeness (QED) is 0.758. The number of thioether (sulfide) groups is 1. The summed E-state index contributed by atoms with van der Waals surface area (Å²) < 4.78 is 6.31. The third-order valence-corrected chi connectivity index (χ3v) is 8.59. The third kappa shape index (κ3) is 2.20. The molecular weight excluding hydrogens is 294 g/mol. The number of carbonyl (C=O) groups excluding carboxylic acids is 1. The Hall–Kier alpha value is -0.380. The predicted molar refractivity (Wildman–Crippen MR) is 90.1 cm³/mol. The molecule has 1 saturated carbocycles. The van der Waals surface area contributed by atoms with Crippen LogP contribution in [0.1, 0.15) is 58.8 Å². The summed E-state index contributed by atoms with van der Waals surface area (Å²) in [6.07, 6.45) is 8.74. The Morgan fingerprint density at radius 3 is 2.59 bits per heavy atom. The number of nitrogens with zero attached hydrogens (tertiary/aromatic N) is 1. The first-order valence-electron chi connectivity index (χ1n) is 9.25. The molecule has 1 aliphatic carbocycles. The number of carbonyl (C=O) groups is 1. The summed E-state index contributed by atoms with van der Waals surface area (Å²) in [5.41, 5.74) is -0.199. The van der Waals surface area contributed by atoms with Crippen molar-refractivity contribution in [3.63, 3.8) is 0 Å². The standard InChI is InChI=1S/C18H29NO2S/c1-12(2)18(21-17(20)19-9-4-3-5-10-19)11-15-13-7-6-8-14(13)16(18)22-15/h12-16H,3-11H2,1-2H3. The second kappa shape index (κ2) is 5.61. The largest absolute Gasteiger partial charge is 0.441 e. The lowest BCUT2D eigenvalue weighted by Crippen LogP contribution is -2.54. The predicted octanol–water partition coefficient (Wildman–Crippen LogP) is 4.31. The zero-order valence-electron chi connectivity index (χ0n) is 13.9. The van der Waals surface area contributed by atoms with Crippen LogP contribution in [0.2, 0.25) is 0 Å². The van der Waals surface area contributed by atoms with Gasteiger partial charge in [0.1, 0.15) is 5.60 Å². The highest BCUT2D eigenvalue weighted by atomic mass is 32.2. The number of fused-ring (bicyclic) bond motifs is 5. The van der Waals surface area contributed by atoms with Crippen LogP contribution >= 0.6 is 11.8 Å². The van der Waals surface area contributed by atoms with Gasteiger partial charge in [0.2, 0.25) is 0 Å². The molecular formula is C18H29NO2S. The Balaban J connectivity index is 1.53. The molecule has 3 heterocycles. The number of ether oxygens (including phenoxy) is 1. The van der Waals surface area contributed by atoms with Crippen molar-refractivity contribution in [2.24, 2.45) is 17.8 Å². The summed E-state index contributed by atoms with van der Waals surface area (Å²) in [6, 6.07) is 0. The Morgan fingerprint density at radius 1 is 1.14 bits per heavy atom. The van der Waals surface area contributed by atoms with Crippen molar-refractivity contribution in [2.75, 3.05) is 13.1 Å². The van der Waals surface area contributed by atoms with E-state index < -0.39 is 0 Å². The van der Waals surface area contributed by atoms with Crippen molar-refractivity contribution in [3.05, 3.63) is 0 Å². The Morgan fingerprint density at radius 2 is 1.86 bits per heavy atom. The molecule has 0 radical (unpaired) electrons. The number of likely N-dealkylation sites (tertiary alicyclic amines) is 1. The van der Waals surface area contributed by atoms with Gasteiger partial charge in [0.15, 0.2) is 0 Å². The van der Waals surface area contributed by atoms with Gasteiger partial charge in [-0.1, -0.05) is 20.3 Å². The van der Waals surface area contributed by atoms with Crippen LogP contribution in [0, 0.1) is 17.8 Å². The summed E-state index contributed by atoms with van der Waals surface area (Å²) in [5.74, 6) is 2.14. The first-order chi connectivity index (χ1) is 10.6. The van der Waals surface area contributed by atoms with Crippen LogP contribution in [0.15, 0.2) is 0 Å². The summed E-state index contributed by atoms with van der Waals surface area (Å²) in [5, 5.41) is 1.30. The number of amides is 1. The van der Waals surface area contributed by atoms with E-state index in [1.807, 2.05) is 4.90 Å². The first-order valence-corrected chi connectivity index (χ1v) is 10.2. The molecule has 5 unspecified atom stereocenters. The maximum absolute atomic E-state index is 12.7. The lowest BCUT2D eigenvalue weighted by atomic mass is 9.68. The SMILES string of the molecule is CC(C)C1(OC(=O)N2CCCCC2)CC2SC1C1CCCC21. The normalized spacial score (nSPS) is 43.7. The van der Waals surface area contributed by atoms with Crippen LogP contribution in [-0.4, -0.2) is 40.2 Å². The van der Waals surface area contributed by atoms with E-state index in [0.29, 0.717) is 11.2 Å². The van der Waals surface area contributed by atoms with Gasteiger partial charge in [0, 0.05) is 30.0 Å². The van der Waals surface area contributed by atoms with Crippen LogP contribution in [0.5, 0.6) is 0 Å². The molecule has 22 heavy (non-hydrogen) atoms. The molecule has 2 bridgehead atoms. The van der Waals surface area contributed by atoms with Crippen LogP contribution < -0.4 is 0 Å². The van der Waals surface area contributed by atoms with Crippen molar-refractivity contribution in [3.8, 4) is 0 Å². The average molecular weight is 324 g/mol. The molecule has 0 aromatic rings. The molecule has 3 nitrogen and oxygen atoms in total. The Kier molecular flexibility index (Phi) is 3.87. The average Bonchev–Trinajstić information content (AvgIpc) is 3.19. The molecule has 0 N–H and O–H groups in total. The fourth-order valence-corrected chi connectivity index (χ4v) is 7.90. The molecule has 0 aromatic heterocycles. The van der Waals surface area contributed by atoms with Crippen molar-refractivity contribution in [2.45, 2.75) is 74.9 Å². The van der Waals surface area contributed by atoms with E-state index in [4.69, 9.17) is 4.74 Å². The molecule has 0 spiro atoms. The van der Waals surface area contributed by atoms with E-state index in [0.717, 1.165) is 49.4 Å². The van der Waals surface area contributed by atoms with Gasteiger partial charge < -0.3 is 9.64 Å². The summed E-state index contributed by atoms with van der Waals surface area (Å²) in [4.78, 5) is 14.7. The maximum atomic E-state index is 12.7. The molecule has 4 aliphatic rings. The van der Waals surface area contributed by atoms with E-state index in [-0.39, 0.29) is 11.7 Å². The monoisotopic (exact) mass is 323 g/mol. The van der Waals surface area contributed by atoms with Crippen molar-refractivity contribution in [1.29, 1.82) is 0 Å². The van der Waals surface area contributed by atoms with Gasteiger partial charge in [-0.3, -0.25) is 0 Å². The van der Waals surface area contributed by atoms with E-state index in [1.54, 1.807) is 0 Å². The smallest absolute Gasteiger partial charge is 0.410 e. The number of rotatable bonds is 2. The zero-order chi connectivity index (χ0) is 15.3. The molecule has 3 saturated heterocycles. The summed E-state index contributed by atoms with van der Waals surface area (Å²) >= 11 is 2.15. The highest BCUT2D eigenvalue weighted by molar-refractivity contribution is 8.01. The lowest BCUT2D eigenvalue weighted by molar-refractivity contribution is -0.0680. The van der Waals surface area contributed by atoms with Gasteiger partial charge >= 0.3 is 6.09 Å².